The van der Waals surface area contributed by atoms with E-state index in [-0.39, 0.29) is 23.7 Å². The Morgan fingerprint density at radius 3 is 2.45 bits per heavy atom. The lowest BCUT2D eigenvalue weighted by Crippen LogP contribution is -2.27. The molecule has 228 valence electrons. The van der Waals surface area contributed by atoms with Crippen LogP contribution in [0.4, 0.5) is 17.5 Å². The number of aromatic nitrogens is 4. The third kappa shape index (κ3) is 8.41. The smallest absolute Gasteiger partial charge is 0.231 e. The highest BCUT2D eigenvalue weighted by atomic mass is 16.5. The second-order valence-electron chi connectivity index (χ2n) is 12.4. The summed E-state index contributed by atoms with van der Waals surface area (Å²) in [5.74, 6) is 2.28. The van der Waals surface area contributed by atoms with Crippen molar-refractivity contribution in [3.63, 3.8) is 0 Å². The summed E-state index contributed by atoms with van der Waals surface area (Å²) < 4.78 is 19.6. The third-order valence-electron chi connectivity index (χ3n) is 7.62. The van der Waals surface area contributed by atoms with E-state index >= 15 is 0 Å². The number of carbonyl (C=O) groups excluding carboxylic acids is 1. The van der Waals surface area contributed by atoms with E-state index < -0.39 is 0 Å². The van der Waals surface area contributed by atoms with Crippen LogP contribution in [0.5, 0.6) is 5.75 Å². The van der Waals surface area contributed by atoms with Gasteiger partial charge in [-0.25, -0.2) is 4.98 Å². The molecule has 1 aromatic carbocycles. The first-order valence-corrected chi connectivity index (χ1v) is 15.6. The number of ketones is 1. The predicted molar refractivity (Wildman–Crippen MR) is 164 cm³/mol. The molecular formula is C32H46N6O4. The molecule has 2 aliphatic heterocycles. The topological polar surface area (TPSA) is 112 Å². The van der Waals surface area contributed by atoms with Gasteiger partial charge in [0.05, 0.1) is 12.9 Å². The lowest BCUT2D eigenvalue weighted by atomic mass is 10.0. The molecule has 0 bridgehead atoms. The molecule has 2 saturated heterocycles. The van der Waals surface area contributed by atoms with Gasteiger partial charge in [0.25, 0.3) is 0 Å². The van der Waals surface area contributed by atoms with Crippen LogP contribution in [0.15, 0.2) is 30.6 Å². The number of hydrogen-bond acceptors (Lipinski definition) is 9. The third-order valence-corrected chi connectivity index (χ3v) is 7.62. The minimum Gasteiger partial charge on any atom is -0.494 e. The highest BCUT2D eigenvalue weighted by Crippen LogP contribution is 2.30. The Kier molecular flexibility index (Phi) is 10.3. The van der Waals surface area contributed by atoms with Crippen molar-refractivity contribution in [2.24, 2.45) is 0 Å². The maximum absolute atomic E-state index is 12.2. The van der Waals surface area contributed by atoms with Crippen LogP contribution in [-0.4, -0.2) is 56.8 Å². The zero-order valence-electron chi connectivity index (χ0n) is 25.4. The first kappa shape index (κ1) is 30.2. The standard InChI is InChI=1S/C32H46N6O4/c1-32(2,3)37-29-28-30(38(22-33-28)27-14-8-11-21-42-27)36-31(35-29)34-23-15-17-24(18-16-23)40-19-9-5-4-6-12-25(39)26-13-7-10-20-41-26/h15-18,22,26-27H,4-14,19-21H2,1-3H3,(H2,34,35,36,37). The Hall–Kier alpha value is -3.24. The second kappa shape index (κ2) is 14.3. The van der Waals surface area contributed by atoms with Gasteiger partial charge in [0.2, 0.25) is 5.95 Å². The van der Waals surface area contributed by atoms with Crippen LogP contribution in [0.1, 0.15) is 97.6 Å². The number of carbonyl (C=O) groups is 1. The lowest BCUT2D eigenvalue weighted by Gasteiger charge is -2.24. The van der Waals surface area contributed by atoms with Gasteiger partial charge in [0, 0.05) is 30.9 Å². The zero-order chi connectivity index (χ0) is 29.4. The quantitative estimate of drug-likeness (QED) is 0.208. The van der Waals surface area contributed by atoms with Crippen molar-refractivity contribution in [1.82, 2.24) is 19.5 Å². The van der Waals surface area contributed by atoms with Crippen LogP contribution in [0.2, 0.25) is 0 Å². The van der Waals surface area contributed by atoms with Gasteiger partial charge in [0.15, 0.2) is 22.8 Å². The highest BCUT2D eigenvalue weighted by Gasteiger charge is 2.23. The maximum Gasteiger partial charge on any atom is 0.231 e. The van der Waals surface area contributed by atoms with E-state index in [0.717, 1.165) is 100 Å². The molecule has 0 radical (unpaired) electrons. The van der Waals surface area contributed by atoms with Crippen molar-refractivity contribution in [1.29, 1.82) is 0 Å². The molecule has 0 aliphatic carbocycles. The molecule has 10 nitrogen and oxygen atoms in total. The van der Waals surface area contributed by atoms with Crippen LogP contribution in [-0.2, 0) is 14.3 Å². The summed E-state index contributed by atoms with van der Waals surface area (Å²) in [6.07, 6.45) is 12.4. The van der Waals surface area contributed by atoms with Crippen molar-refractivity contribution in [3.05, 3.63) is 30.6 Å². The summed E-state index contributed by atoms with van der Waals surface area (Å²) in [6.45, 7) is 8.43. The van der Waals surface area contributed by atoms with Gasteiger partial charge in [0.1, 0.15) is 18.1 Å². The van der Waals surface area contributed by atoms with Crippen LogP contribution < -0.4 is 15.4 Å². The molecule has 0 spiro atoms. The van der Waals surface area contributed by atoms with Gasteiger partial charge in [-0.1, -0.05) is 12.8 Å². The number of nitrogens with one attached hydrogen (secondary N) is 2. The van der Waals surface area contributed by atoms with Crippen molar-refractivity contribution in [2.75, 3.05) is 30.5 Å². The molecule has 2 atom stereocenters. The molecule has 2 aliphatic rings. The van der Waals surface area contributed by atoms with Crippen LogP contribution >= 0.6 is 0 Å². The average molecular weight is 579 g/mol. The molecule has 0 amide bonds. The normalized spacial score (nSPS) is 19.5. The minimum absolute atomic E-state index is 0.0657. The van der Waals surface area contributed by atoms with E-state index in [0.29, 0.717) is 24.8 Å². The Balaban J connectivity index is 1.13. The Labute approximate surface area is 249 Å². The molecule has 4 heterocycles. The number of anilines is 3. The van der Waals surface area contributed by atoms with Crippen molar-refractivity contribution in [3.8, 4) is 5.75 Å². The van der Waals surface area contributed by atoms with E-state index in [1.807, 2.05) is 35.2 Å². The van der Waals surface area contributed by atoms with Gasteiger partial charge < -0.3 is 24.8 Å². The van der Waals surface area contributed by atoms with E-state index in [9.17, 15) is 4.79 Å². The van der Waals surface area contributed by atoms with E-state index in [1.165, 1.54) is 0 Å². The first-order valence-electron chi connectivity index (χ1n) is 15.6. The number of hydrogen-bond donors (Lipinski definition) is 2. The number of Topliss-reactive ketones (excluding diaryl/α,β-unsaturated/α-hetero) is 1. The molecule has 10 heteroatoms. The number of ether oxygens (including phenoxy) is 3. The first-order chi connectivity index (χ1) is 20.4. The predicted octanol–water partition coefficient (Wildman–Crippen LogP) is 6.95. The van der Waals surface area contributed by atoms with Crippen molar-refractivity contribution >= 4 is 34.4 Å². The van der Waals surface area contributed by atoms with Gasteiger partial charge >= 0.3 is 0 Å². The number of unbranched alkanes of at least 4 members (excludes halogenated alkanes) is 3. The molecule has 2 N–H and O–H groups in total. The number of imidazole rings is 1. The van der Waals surface area contributed by atoms with Gasteiger partial charge in [-0.2, -0.15) is 9.97 Å². The zero-order valence-corrected chi connectivity index (χ0v) is 25.4. The molecule has 3 aromatic rings. The summed E-state index contributed by atoms with van der Waals surface area (Å²) in [7, 11) is 0. The van der Waals surface area contributed by atoms with Crippen LogP contribution in [0, 0.1) is 0 Å². The van der Waals surface area contributed by atoms with Gasteiger partial charge in [-0.3, -0.25) is 9.36 Å². The molecule has 2 aromatic heterocycles. The van der Waals surface area contributed by atoms with E-state index in [4.69, 9.17) is 24.2 Å². The van der Waals surface area contributed by atoms with E-state index in [2.05, 4.69) is 36.4 Å². The number of rotatable bonds is 13. The fraction of sp³-hybridized carbons (Fsp3) is 0.625. The largest absolute Gasteiger partial charge is 0.494 e. The van der Waals surface area contributed by atoms with Crippen LogP contribution in [0.3, 0.4) is 0 Å². The molecular weight excluding hydrogens is 532 g/mol. The Bertz CT molecular complexity index is 1290. The fourth-order valence-corrected chi connectivity index (χ4v) is 5.43. The van der Waals surface area contributed by atoms with Crippen molar-refractivity contribution < 1.29 is 19.0 Å². The second-order valence-corrected chi connectivity index (χ2v) is 12.4. The highest BCUT2D eigenvalue weighted by molar-refractivity contribution is 5.85. The SMILES string of the molecule is CC(C)(C)Nc1nc(Nc2ccc(OCCCCCCC(=O)C3CCCCO3)cc2)nc2c1ncn2C1CCCCO1. The molecule has 2 unspecified atom stereocenters. The minimum atomic E-state index is -0.190. The van der Waals surface area contributed by atoms with Crippen LogP contribution in [0.25, 0.3) is 11.2 Å². The Morgan fingerprint density at radius 1 is 0.976 bits per heavy atom. The summed E-state index contributed by atoms with van der Waals surface area (Å²) in [5.41, 5.74) is 2.16. The number of nitrogens with zero attached hydrogens (tertiary/aromatic N) is 4. The maximum atomic E-state index is 12.2. The molecule has 2 fully saturated rings. The number of benzene rings is 1. The monoisotopic (exact) mass is 578 g/mol. The summed E-state index contributed by atoms with van der Waals surface area (Å²) in [4.78, 5) is 26.5. The molecule has 0 saturated carbocycles. The summed E-state index contributed by atoms with van der Waals surface area (Å²) in [5, 5.41) is 6.84. The fourth-order valence-electron chi connectivity index (χ4n) is 5.43. The Morgan fingerprint density at radius 2 is 1.74 bits per heavy atom. The lowest BCUT2D eigenvalue weighted by molar-refractivity contribution is -0.133. The summed E-state index contributed by atoms with van der Waals surface area (Å²) in [6, 6.07) is 7.86. The molecule has 5 rings (SSSR count). The van der Waals surface area contributed by atoms with E-state index in [1.54, 1.807) is 0 Å². The average Bonchev–Trinajstić information content (AvgIpc) is 3.42. The van der Waals surface area contributed by atoms with Gasteiger partial charge in [-0.15, -0.1) is 0 Å². The van der Waals surface area contributed by atoms with Gasteiger partial charge in [-0.05, 0) is 96.4 Å². The van der Waals surface area contributed by atoms with Crippen molar-refractivity contribution in [2.45, 2.75) is 109 Å². The molecule has 42 heavy (non-hydrogen) atoms. The number of fused-ring (bicyclic) bond motifs is 1. The summed E-state index contributed by atoms with van der Waals surface area (Å²) >= 11 is 0.